The van der Waals surface area contributed by atoms with Gasteiger partial charge in [0.2, 0.25) is 0 Å². The zero-order valence-corrected chi connectivity index (χ0v) is 20.5. The smallest absolute Gasteiger partial charge is 0.315 e. The standard InChI is InChI=1S/C29H34N2O3/c1-18(2)17-34-29(33)26-19(3)30-24-15-22(20-9-7-6-8-10-20)16-25(32)28(24)27(26)21-11-13-23(14-12-21)31(4)5/h6-14,18,22,26-27,30H,3,15-17H2,1-2,4-5H3. The van der Waals surface area contributed by atoms with Gasteiger partial charge in [-0.25, -0.2) is 0 Å². The Morgan fingerprint density at radius 3 is 2.35 bits per heavy atom. The second-order valence-corrected chi connectivity index (χ2v) is 9.95. The van der Waals surface area contributed by atoms with Crippen molar-refractivity contribution in [1.82, 2.24) is 5.32 Å². The number of benzene rings is 2. The lowest BCUT2D eigenvalue weighted by Crippen LogP contribution is -2.42. The fourth-order valence-electron chi connectivity index (χ4n) is 4.97. The monoisotopic (exact) mass is 458 g/mol. The van der Waals surface area contributed by atoms with Crippen LogP contribution < -0.4 is 10.2 Å². The topological polar surface area (TPSA) is 58.6 Å². The molecule has 0 saturated carbocycles. The molecule has 0 saturated heterocycles. The fourth-order valence-corrected chi connectivity index (χ4v) is 4.97. The third kappa shape index (κ3) is 4.79. The molecular formula is C29H34N2O3. The molecule has 5 nitrogen and oxygen atoms in total. The third-order valence-electron chi connectivity index (χ3n) is 6.69. The molecule has 178 valence electrons. The summed E-state index contributed by atoms with van der Waals surface area (Å²) in [6.45, 7) is 8.57. The van der Waals surface area contributed by atoms with Gasteiger partial charge in [0.05, 0.1) is 6.61 Å². The minimum Gasteiger partial charge on any atom is -0.465 e. The molecule has 0 spiro atoms. The van der Waals surface area contributed by atoms with Crippen LogP contribution in [0.1, 0.15) is 49.7 Å². The predicted octanol–water partition coefficient (Wildman–Crippen LogP) is 5.17. The Hall–Kier alpha value is -3.34. The number of rotatable bonds is 6. The Balaban J connectivity index is 1.76. The summed E-state index contributed by atoms with van der Waals surface area (Å²) in [5, 5.41) is 3.35. The molecule has 0 amide bonds. The molecule has 5 heteroatoms. The third-order valence-corrected chi connectivity index (χ3v) is 6.69. The highest BCUT2D eigenvalue weighted by molar-refractivity contribution is 6.01. The number of nitrogens with one attached hydrogen (secondary N) is 1. The van der Waals surface area contributed by atoms with Crippen LogP contribution in [0.5, 0.6) is 0 Å². The van der Waals surface area contributed by atoms with E-state index in [1.54, 1.807) is 0 Å². The van der Waals surface area contributed by atoms with Gasteiger partial charge >= 0.3 is 5.97 Å². The normalized spacial score (nSPS) is 22.3. The van der Waals surface area contributed by atoms with Gasteiger partial charge in [-0.05, 0) is 41.5 Å². The maximum absolute atomic E-state index is 13.6. The van der Waals surface area contributed by atoms with Crippen molar-refractivity contribution in [2.45, 2.75) is 38.5 Å². The molecule has 0 aromatic heterocycles. The van der Waals surface area contributed by atoms with E-state index >= 15 is 0 Å². The van der Waals surface area contributed by atoms with E-state index in [-0.39, 0.29) is 23.6 Å². The first-order valence-electron chi connectivity index (χ1n) is 12.0. The largest absolute Gasteiger partial charge is 0.465 e. The number of hydrogen-bond acceptors (Lipinski definition) is 5. The SMILES string of the molecule is C=C1NC2=C(C(=O)CC(c3ccccc3)C2)C(c2ccc(N(C)C)cc2)C1C(=O)OCC(C)C. The molecule has 1 N–H and O–H groups in total. The molecule has 4 rings (SSSR count). The summed E-state index contributed by atoms with van der Waals surface area (Å²) in [5.74, 6) is -0.988. The number of ketones is 1. The van der Waals surface area contributed by atoms with Crippen molar-refractivity contribution in [2.24, 2.45) is 11.8 Å². The zero-order valence-electron chi connectivity index (χ0n) is 20.5. The van der Waals surface area contributed by atoms with Gasteiger partial charge < -0.3 is 15.0 Å². The van der Waals surface area contributed by atoms with E-state index in [2.05, 4.69) is 24.0 Å². The number of Topliss-reactive ketones (excluding diaryl/α,β-unsaturated/α-hetero) is 1. The molecule has 0 fully saturated rings. The summed E-state index contributed by atoms with van der Waals surface area (Å²) < 4.78 is 5.65. The summed E-state index contributed by atoms with van der Waals surface area (Å²) in [6.07, 6.45) is 1.14. The van der Waals surface area contributed by atoms with Crippen LogP contribution in [0.25, 0.3) is 0 Å². The molecule has 3 atom stereocenters. The number of anilines is 1. The Labute approximate surface area is 202 Å². The van der Waals surface area contributed by atoms with Gasteiger partial charge in [-0.2, -0.15) is 0 Å². The maximum Gasteiger partial charge on any atom is 0.315 e. The fraction of sp³-hybridized carbons (Fsp3) is 0.379. The average Bonchev–Trinajstić information content (AvgIpc) is 2.82. The van der Waals surface area contributed by atoms with Gasteiger partial charge in [0.1, 0.15) is 5.92 Å². The van der Waals surface area contributed by atoms with E-state index in [1.165, 1.54) is 0 Å². The number of hydrogen-bond donors (Lipinski definition) is 1. The second-order valence-electron chi connectivity index (χ2n) is 9.95. The highest BCUT2D eigenvalue weighted by Crippen LogP contribution is 2.47. The highest BCUT2D eigenvalue weighted by Gasteiger charge is 2.45. The van der Waals surface area contributed by atoms with Gasteiger partial charge in [-0.15, -0.1) is 0 Å². The van der Waals surface area contributed by atoms with Crippen molar-refractivity contribution < 1.29 is 14.3 Å². The summed E-state index contributed by atoms with van der Waals surface area (Å²) in [6, 6.07) is 18.2. The van der Waals surface area contributed by atoms with Crippen LogP contribution in [0.3, 0.4) is 0 Å². The Morgan fingerprint density at radius 1 is 1.06 bits per heavy atom. The van der Waals surface area contributed by atoms with E-state index in [0.29, 0.717) is 30.7 Å². The Bertz CT molecular complexity index is 1100. The summed E-state index contributed by atoms with van der Waals surface area (Å²) >= 11 is 0. The maximum atomic E-state index is 13.6. The van der Waals surface area contributed by atoms with Crippen molar-refractivity contribution in [3.8, 4) is 0 Å². The van der Waals surface area contributed by atoms with Crippen LogP contribution in [0, 0.1) is 11.8 Å². The number of nitrogens with zero attached hydrogens (tertiary/aromatic N) is 1. The Kier molecular flexibility index (Phi) is 6.92. The number of carbonyl (C=O) groups excluding carboxylic acids is 2. The lowest BCUT2D eigenvalue weighted by molar-refractivity contribution is -0.149. The van der Waals surface area contributed by atoms with E-state index in [1.807, 2.05) is 75.3 Å². The zero-order chi connectivity index (χ0) is 24.4. The minimum atomic E-state index is -0.653. The minimum absolute atomic E-state index is 0.0819. The Morgan fingerprint density at radius 2 is 1.74 bits per heavy atom. The average molecular weight is 459 g/mol. The van der Waals surface area contributed by atoms with Crippen LogP contribution >= 0.6 is 0 Å². The second kappa shape index (κ2) is 9.88. The molecule has 0 bridgehead atoms. The van der Waals surface area contributed by atoms with E-state index < -0.39 is 11.8 Å². The van der Waals surface area contributed by atoms with Crippen molar-refractivity contribution in [2.75, 3.05) is 25.6 Å². The van der Waals surface area contributed by atoms with Crippen LogP contribution in [-0.4, -0.2) is 32.5 Å². The molecule has 1 heterocycles. The molecule has 2 aromatic carbocycles. The molecule has 2 aliphatic rings. The van der Waals surface area contributed by atoms with Gasteiger partial charge in [0.25, 0.3) is 0 Å². The van der Waals surface area contributed by atoms with Crippen LogP contribution in [0.4, 0.5) is 5.69 Å². The molecule has 2 aromatic rings. The van der Waals surface area contributed by atoms with Crippen LogP contribution in [-0.2, 0) is 14.3 Å². The van der Waals surface area contributed by atoms with Crippen molar-refractivity contribution in [3.05, 3.63) is 89.3 Å². The van der Waals surface area contributed by atoms with Crippen LogP contribution in [0.15, 0.2) is 78.1 Å². The lowest BCUT2D eigenvalue weighted by Gasteiger charge is -2.40. The quantitative estimate of drug-likeness (QED) is 0.605. The predicted molar refractivity (Wildman–Crippen MR) is 136 cm³/mol. The number of carbonyl (C=O) groups is 2. The summed E-state index contributed by atoms with van der Waals surface area (Å²) in [7, 11) is 3.98. The van der Waals surface area contributed by atoms with Gasteiger partial charge in [0.15, 0.2) is 5.78 Å². The number of esters is 1. The summed E-state index contributed by atoms with van der Waals surface area (Å²) in [4.78, 5) is 28.9. The van der Waals surface area contributed by atoms with E-state index in [4.69, 9.17) is 4.74 Å². The first kappa shape index (κ1) is 23.8. The van der Waals surface area contributed by atoms with E-state index in [9.17, 15) is 9.59 Å². The molecule has 1 aliphatic heterocycles. The van der Waals surface area contributed by atoms with Crippen LogP contribution in [0.2, 0.25) is 0 Å². The number of ether oxygens (including phenoxy) is 1. The molecule has 0 radical (unpaired) electrons. The molecular weight excluding hydrogens is 424 g/mol. The van der Waals surface area contributed by atoms with Gasteiger partial charge in [-0.1, -0.05) is 62.9 Å². The number of allylic oxidation sites excluding steroid dienone is 2. The van der Waals surface area contributed by atoms with Gasteiger partial charge in [0, 0.05) is 49.1 Å². The molecule has 34 heavy (non-hydrogen) atoms. The van der Waals surface area contributed by atoms with Gasteiger partial charge in [-0.3, -0.25) is 9.59 Å². The van der Waals surface area contributed by atoms with Crippen molar-refractivity contribution in [1.29, 1.82) is 0 Å². The first-order valence-corrected chi connectivity index (χ1v) is 12.0. The molecule has 1 aliphatic carbocycles. The lowest BCUT2D eigenvalue weighted by atomic mass is 9.69. The first-order chi connectivity index (χ1) is 16.3. The summed E-state index contributed by atoms with van der Waals surface area (Å²) in [5.41, 5.74) is 5.31. The van der Waals surface area contributed by atoms with E-state index in [0.717, 1.165) is 22.5 Å². The highest BCUT2D eigenvalue weighted by atomic mass is 16.5. The molecule has 3 unspecified atom stereocenters. The van der Waals surface area contributed by atoms with Crippen molar-refractivity contribution >= 4 is 17.4 Å². The van der Waals surface area contributed by atoms with Crippen molar-refractivity contribution in [3.63, 3.8) is 0 Å².